The number of hydrogen-bond donors (Lipinski definition) is 1. The number of carbonyl (C=O) groups is 2. The Labute approximate surface area is 202 Å². The SMILES string of the molecule is CCN(CC)S(=O)(=O)c1ccc2c(c1)N(CC(=O)NCCN1C(C)CCCC1C)C(=O)CS2. The summed E-state index contributed by atoms with van der Waals surface area (Å²) >= 11 is 1.37. The highest BCUT2D eigenvalue weighted by Gasteiger charge is 2.30. The van der Waals surface area contributed by atoms with Crippen LogP contribution < -0.4 is 10.2 Å². The summed E-state index contributed by atoms with van der Waals surface area (Å²) in [5.41, 5.74) is 0.484. The van der Waals surface area contributed by atoms with Gasteiger partial charge in [-0.2, -0.15) is 4.31 Å². The van der Waals surface area contributed by atoms with E-state index in [-0.39, 0.29) is 29.0 Å². The van der Waals surface area contributed by atoms with Crippen LogP contribution in [0.1, 0.15) is 47.0 Å². The molecule has 2 amide bonds. The molecule has 2 atom stereocenters. The molecule has 0 saturated carbocycles. The van der Waals surface area contributed by atoms with Gasteiger partial charge in [0.2, 0.25) is 21.8 Å². The molecule has 0 aliphatic carbocycles. The van der Waals surface area contributed by atoms with Crippen molar-refractivity contribution in [2.75, 3.05) is 43.4 Å². The molecule has 184 valence electrons. The highest BCUT2D eigenvalue weighted by molar-refractivity contribution is 8.00. The van der Waals surface area contributed by atoms with E-state index in [1.165, 1.54) is 46.3 Å². The Morgan fingerprint density at radius 1 is 1.18 bits per heavy atom. The number of piperidine rings is 1. The van der Waals surface area contributed by atoms with Crippen LogP contribution in [-0.4, -0.2) is 80.0 Å². The standard InChI is InChI=1S/C23H36N4O4S2/c1-5-25(6-2)33(30,31)19-10-11-21-20(14-19)27(23(29)16-32-21)15-22(28)24-12-13-26-17(3)8-7-9-18(26)4/h10-11,14,17-18H,5-9,12-13,15-16H2,1-4H3,(H,24,28). The van der Waals surface area contributed by atoms with Gasteiger partial charge >= 0.3 is 0 Å². The average Bonchev–Trinajstić information content (AvgIpc) is 2.78. The first kappa shape index (κ1) is 26.0. The van der Waals surface area contributed by atoms with Crippen molar-refractivity contribution >= 4 is 39.3 Å². The number of hydrogen-bond acceptors (Lipinski definition) is 6. The fourth-order valence-electron chi connectivity index (χ4n) is 4.67. The molecule has 2 aliphatic rings. The van der Waals surface area contributed by atoms with E-state index >= 15 is 0 Å². The summed E-state index contributed by atoms with van der Waals surface area (Å²) in [5.74, 6) is -0.209. The Bertz CT molecular complexity index is 955. The Morgan fingerprint density at radius 2 is 1.85 bits per heavy atom. The van der Waals surface area contributed by atoms with Crippen molar-refractivity contribution in [2.24, 2.45) is 0 Å². The second kappa shape index (κ2) is 11.2. The van der Waals surface area contributed by atoms with Crippen molar-refractivity contribution < 1.29 is 18.0 Å². The van der Waals surface area contributed by atoms with E-state index in [4.69, 9.17) is 0 Å². The van der Waals surface area contributed by atoms with Gasteiger partial charge in [0, 0.05) is 43.2 Å². The maximum absolute atomic E-state index is 13.0. The van der Waals surface area contributed by atoms with Crippen LogP contribution in [0.2, 0.25) is 0 Å². The lowest BCUT2D eigenvalue weighted by Crippen LogP contribution is -2.49. The molecule has 0 bridgehead atoms. The topological polar surface area (TPSA) is 90.0 Å². The van der Waals surface area contributed by atoms with Crippen LogP contribution in [0.5, 0.6) is 0 Å². The molecule has 10 heteroatoms. The number of fused-ring (bicyclic) bond motifs is 1. The van der Waals surface area contributed by atoms with Gasteiger partial charge in [0.15, 0.2) is 0 Å². The molecule has 1 fully saturated rings. The van der Waals surface area contributed by atoms with Crippen molar-refractivity contribution in [1.82, 2.24) is 14.5 Å². The third-order valence-corrected chi connectivity index (χ3v) is 9.68. The minimum absolute atomic E-state index is 0.119. The van der Waals surface area contributed by atoms with Crippen molar-refractivity contribution in [1.29, 1.82) is 0 Å². The number of rotatable bonds is 9. The lowest BCUT2D eigenvalue weighted by molar-refractivity contribution is -0.123. The number of nitrogens with one attached hydrogen (secondary N) is 1. The summed E-state index contributed by atoms with van der Waals surface area (Å²) in [4.78, 5) is 30.1. The summed E-state index contributed by atoms with van der Waals surface area (Å²) in [5, 5.41) is 2.94. The first-order valence-electron chi connectivity index (χ1n) is 11.8. The molecule has 2 aliphatic heterocycles. The molecule has 1 N–H and O–H groups in total. The lowest BCUT2D eigenvalue weighted by atomic mass is 9.98. The third kappa shape index (κ3) is 5.90. The van der Waals surface area contributed by atoms with E-state index in [1.807, 2.05) is 0 Å². The van der Waals surface area contributed by atoms with Crippen LogP contribution in [0.4, 0.5) is 5.69 Å². The normalized spacial score (nSPS) is 21.8. The van der Waals surface area contributed by atoms with Crippen LogP contribution in [0.25, 0.3) is 0 Å². The number of nitrogens with zero attached hydrogens (tertiary/aromatic N) is 3. The number of benzene rings is 1. The van der Waals surface area contributed by atoms with Crippen LogP contribution >= 0.6 is 11.8 Å². The second-order valence-electron chi connectivity index (χ2n) is 8.70. The molecule has 1 saturated heterocycles. The number of sulfonamides is 1. The van der Waals surface area contributed by atoms with Crippen LogP contribution in [0.15, 0.2) is 28.0 Å². The van der Waals surface area contributed by atoms with Gasteiger partial charge in [0.1, 0.15) is 6.54 Å². The predicted molar refractivity (Wildman–Crippen MR) is 132 cm³/mol. The van der Waals surface area contributed by atoms with Crippen molar-refractivity contribution in [2.45, 2.75) is 68.8 Å². The van der Waals surface area contributed by atoms with Gasteiger partial charge in [-0.3, -0.25) is 14.5 Å². The maximum atomic E-state index is 13.0. The van der Waals surface area contributed by atoms with Crippen molar-refractivity contribution in [3.63, 3.8) is 0 Å². The molecule has 8 nitrogen and oxygen atoms in total. The number of thioether (sulfide) groups is 1. The number of amides is 2. The Hall–Kier alpha value is -1.62. The number of likely N-dealkylation sites (tertiary alicyclic amines) is 1. The lowest BCUT2D eigenvalue weighted by Gasteiger charge is -2.39. The highest BCUT2D eigenvalue weighted by atomic mass is 32.2. The van der Waals surface area contributed by atoms with Gasteiger partial charge in [-0.05, 0) is 44.9 Å². The van der Waals surface area contributed by atoms with Crippen LogP contribution in [0.3, 0.4) is 0 Å². The fourth-order valence-corrected chi connectivity index (χ4v) is 7.06. The van der Waals surface area contributed by atoms with Crippen LogP contribution in [-0.2, 0) is 19.6 Å². The quantitative estimate of drug-likeness (QED) is 0.565. The molecule has 2 heterocycles. The summed E-state index contributed by atoms with van der Waals surface area (Å²) in [6, 6.07) is 5.84. The van der Waals surface area contributed by atoms with E-state index in [1.54, 1.807) is 26.0 Å². The Balaban J connectivity index is 1.70. The fraction of sp³-hybridized carbons (Fsp3) is 0.652. The highest BCUT2D eigenvalue weighted by Crippen LogP contribution is 2.37. The monoisotopic (exact) mass is 496 g/mol. The maximum Gasteiger partial charge on any atom is 0.243 e. The van der Waals surface area contributed by atoms with Gasteiger partial charge in [-0.15, -0.1) is 11.8 Å². The molecule has 0 spiro atoms. The van der Waals surface area contributed by atoms with Crippen LogP contribution in [0, 0.1) is 0 Å². The number of carbonyl (C=O) groups excluding carboxylic acids is 2. The van der Waals surface area contributed by atoms with Crippen molar-refractivity contribution in [3.8, 4) is 0 Å². The zero-order valence-corrected chi connectivity index (χ0v) is 21.7. The molecule has 1 aromatic carbocycles. The molecule has 33 heavy (non-hydrogen) atoms. The Morgan fingerprint density at radius 3 is 2.48 bits per heavy atom. The van der Waals surface area contributed by atoms with Gasteiger partial charge < -0.3 is 10.2 Å². The van der Waals surface area contributed by atoms with E-state index in [9.17, 15) is 18.0 Å². The summed E-state index contributed by atoms with van der Waals surface area (Å²) < 4.78 is 27.3. The van der Waals surface area contributed by atoms with E-state index in [0.717, 1.165) is 11.4 Å². The largest absolute Gasteiger partial charge is 0.353 e. The Kier molecular flexibility index (Phi) is 8.82. The second-order valence-corrected chi connectivity index (χ2v) is 11.7. The predicted octanol–water partition coefficient (Wildman–Crippen LogP) is 2.53. The summed E-state index contributed by atoms with van der Waals surface area (Å²) in [6.07, 6.45) is 3.59. The minimum atomic E-state index is -3.66. The molecule has 1 aromatic rings. The number of anilines is 1. The average molecular weight is 497 g/mol. The minimum Gasteiger partial charge on any atom is -0.353 e. The summed E-state index contributed by atoms with van der Waals surface area (Å²) in [6.45, 7) is 9.95. The third-order valence-electron chi connectivity index (χ3n) is 6.59. The molecule has 0 aromatic heterocycles. The van der Waals surface area contributed by atoms with Crippen molar-refractivity contribution in [3.05, 3.63) is 18.2 Å². The van der Waals surface area contributed by atoms with Gasteiger partial charge in [0.25, 0.3) is 0 Å². The van der Waals surface area contributed by atoms with Gasteiger partial charge in [0.05, 0.1) is 16.3 Å². The first-order chi connectivity index (χ1) is 15.7. The van der Waals surface area contributed by atoms with Gasteiger partial charge in [-0.1, -0.05) is 20.3 Å². The van der Waals surface area contributed by atoms with E-state index < -0.39 is 10.0 Å². The molecule has 0 radical (unpaired) electrons. The molecular weight excluding hydrogens is 460 g/mol. The zero-order valence-electron chi connectivity index (χ0n) is 20.0. The first-order valence-corrected chi connectivity index (χ1v) is 14.2. The molecular formula is C23H36N4O4S2. The zero-order chi connectivity index (χ0) is 24.2. The van der Waals surface area contributed by atoms with E-state index in [2.05, 4.69) is 24.1 Å². The molecule has 3 rings (SSSR count). The van der Waals surface area contributed by atoms with Gasteiger partial charge in [-0.25, -0.2) is 8.42 Å². The summed E-state index contributed by atoms with van der Waals surface area (Å²) in [7, 11) is -3.66. The molecule has 2 unspecified atom stereocenters. The van der Waals surface area contributed by atoms with E-state index in [0.29, 0.717) is 37.4 Å². The smallest absolute Gasteiger partial charge is 0.243 e.